The molecule has 3 nitrogen and oxygen atoms in total. The van der Waals surface area contributed by atoms with Gasteiger partial charge in [-0.1, -0.05) is 17.5 Å². The lowest BCUT2D eigenvalue weighted by Crippen LogP contribution is -2.41. The molecular weight excluding hydrogens is 234 g/mol. The summed E-state index contributed by atoms with van der Waals surface area (Å²) in [6, 6.07) is 2.57. The minimum Gasteiger partial charge on any atom is -0.368 e. The Kier molecular flexibility index (Phi) is 2.70. The van der Waals surface area contributed by atoms with Gasteiger partial charge in [-0.05, 0) is 18.4 Å². The maximum Gasteiger partial charge on any atom is 0.144 e. The molecule has 3 heterocycles. The van der Waals surface area contributed by atoms with Crippen molar-refractivity contribution in [1.82, 2.24) is 10.3 Å². The third-order valence-electron chi connectivity index (χ3n) is 3.58. The van der Waals surface area contributed by atoms with Crippen LogP contribution in [-0.2, 0) is 0 Å². The number of rotatable bonds is 1. The van der Waals surface area contributed by atoms with Crippen molar-refractivity contribution in [1.29, 1.82) is 0 Å². The molecule has 17 heavy (non-hydrogen) atoms. The van der Waals surface area contributed by atoms with E-state index in [0.717, 1.165) is 31.2 Å². The number of nitrogens with zero attached hydrogens (tertiary/aromatic N) is 2. The van der Waals surface area contributed by atoms with Crippen LogP contribution in [-0.4, -0.2) is 30.7 Å². The topological polar surface area (TPSA) is 28.2 Å². The largest absolute Gasteiger partial charge is 0.368 e. The molecule has 4 heteroatoms. The van der Waals surface area contributed by atoms with E-state index in [2.05, 4.69) is 21.1 Å². The molecule has 2 aliphatic heterocycles. The molecule has 2 aliphatic rings. The van der Waals surface area contributed by atoms with Gasteiger partial charge in [-0.15, -0.1) is 6.42 Å². The van der Waals surface area contributed by atoms with E-state index in [-0.39, 0.29) is 0 Å². The molecule has 2 bridgehead atoms. The van der Waals surface area contributed by atoms with Gasteiger partial charge in [0.15, 0.2) is 0 Å². The first-order valence-corrected chi connectivity index (χ1v) is 6.24. The number of anilines is 1. The molecule has 0 unspecified atom stereocenters. The van der Waals surface area contributed by atoms with E-state index in [0.29, 0.717) is 16.8 Å². The van der Waals surface area contributed by atoms with Crippen LogP contribution in [0.25, 0.3) is 0 Å². The van der Waals surface area contributed by atoms with Gasteiger partial charge in [-0.3, -0.25) is 0 Å². The molecule has 1 aromatic rings. The maximum atomic E-state index is 5.92. The molecule has 2 atom stereocenters. The predicted octanol–water partition coefficient (Wildman–Crippen LogP) is 1.51. The molecule has 88 valence electrons. The average Bonchev–Trinajstić information content (AvgIpc) is 2.69. The SMILES string of the molecule is C#Cc1cc(N2C[C@@H]3CN[C@@H](C3)C2)cnc1Cl. The fourth-order valence-corrected chi connectivity index (χ4v) is 2.91. The molecule has 1 N–H and O–H groups in total. The van der Waals surface area contributed by atoms with Crippen molar-refractivity contribution in [3.8, 4) is 12.3 Å². The maximum absolute atomic E-state index is 5.92. The Morgan fingerprint density at radius 2 is 2.41 bits per heavy atom. The molecular formula is C13H14ClN3. The van der Waals surface area contributed by atoms with Gasteiger partial charge >= 0.3 is 0 Å². The van der Waals surface area contributed by atoms with Gasteiger partial charge in [0.2, 0.25) is 0 Å². The van der Waals surface area contributed by atoms with Crippen LogP contribution in [0.15, 0.2) is 12.3 Å². The number of aromatic nitrogens is 1. The summed E-state index contributed by atoms with van der Waals surface area (Å²) in [5.74, 6) is 3.32. The second-order valence-corrected chi connectivity index (χ2v) is 5.15. The van der Waals surface area contributed by atoms with Crippen LogP contribution < -0.4 is 10.2 Å². The molecule has 0 radical (unpaired) electrons. The smallest absolute Gasteiger partial charge is 0.144 e. The van der Waals surface area contributed by atoms with Gasteiger partial charge < -0.3 is 10.2 Å². The fraction of sp³-hybridized carbons (Fsp3) is 0.462. The summed E-state index contributed by atoms with van der Waals surface area (Å²) in [5.41, 5.74) is 1.76. The highest BCUT2D eigenvalue weighted by atomic mass is 35.5. The van der Waals surface area contributed by atoms with Crippen LogP contribution in [0.1, 0.15) is 12.0 Å². The summed E-state index contributed by atoms with van der Waals surface area (Å²) in [7, 11) is 0. The van der Waals surface area contributed by atoms with E-state index in [1.165, 1.54) is 6.42 Å². The van der Waals surface area contributed by atoms with Crippen LogP contribution in [0.5, 0.6) is 0 Å². The number of nitrogens with one attached hydrogen (secondary N) is 1. The van der Waals surface area contributed by atoms with Crippen LogP contribution in [0.2, 0.25) is 5.15 Å². The van der Waals surface area contributed by atoms with Gasteiger partial charge in [-0.25, -0.2) is 4.98 Å². The monoisotopic (exact) mass is 247 g/mol. The molecule has 0 aliphatic carbocycles. The summed E-state index contributed by atoms with van der Waals surface area (Å²) in [5, 5.41) is 3.94. The summed E-state index contributed by atoms with van der Waals surface area (Å²) in [6.45, 7) is 3.24. The molecule has 0 amide bonds. The van der Waals surface area contributed by atoms with Crippen molar-refractivity contribution in [3.63, 3.8) is 0 Å². The molecule has 0 saturated carbocycles. The highest BCUT2D eigenvalue weighted by Gasteiger charge is 2.32. The number of halogens is 1. The van der Waals surface area contributed by atoms with Crippen molar-refractivity contribution >= 4 is 17.3 Å². The second kappa shape index (κ2) is 4.21. The Balaban J connectivity index is 1.87. The minimum atomic E-state index is 0.411. The Bertz CT molecular complexity index is 468. The number of pyridine rings is 1. The van der Waals surface area contributed by atoms with E-state index < -0.39 is 0 Å². The second-order valence-electron chi connectivity index (χ2n) is 4.79. The fourth-order valence-electron chi connectivity index (χ4n) is 2.75. The lowest BCUT2D eigenvalue weighted by Gasteiger charge is -2.32. The van der Waals surface area contributed by atoms with E-state index in [9.17, 15) is 0 Å². The third-order valence-corrected chi connectivity index (χ3v) is 3.88. The van der Waals surface area contributed by atoms with Crippen molar-refractivity contribution in [2.24, 2.45) is 5.92 Å². The lowest BCUT2D eigenvalue weighted by molar-refractivity contribution is 0.474. The van der Waals surface area contributed by atoms with Gasteiger partial charge in [0.25, 0.3) is 0 Å². The summed E-state index contributed by atoms with van der Waals surface area (Å²) in [4.78, 5) is 6.51. The first-order chi connectivity index (χ1) is 8.26. The zero-order valence-corrected chi connectivity index (χ0v) is 10.2. The van der Waals surface area contributed by atoms with Crippen LogP contribution in [0.3, 0.4) is 0 Å². The predicted molar refractivity (Wildman–Crippen MR) is 69.3 cm³/mol. The highest BCUT2D eigenvalue weighted by molar-refractivity contribution is 6.30. The Morgan fingerprint density at radius 1 is 1.53 bits per heavy atom. The van der Waals surface area contributed by atoms with Gasteiger partial charge in [-0.2, -0.15) is 0 Å². The van der Waals surface area contributed by atoms with E-state index in [1.54, 1.807) is 0 Å². The Labute approximate surface area is 106 Å². The molecule has 2 saturated heterocycles. The highest BCUT2D eigenvalue weighted by Crippen LogP contribution is 2.28. The van der Waals surface area contributed by atoms with Crippen molar-refractivity contribution in [2.75, 3.05) is 24.5 Å². The normalized spacial score (nSPS) is 26.9. The number of hydrogen-bond acceptors (Lipinski definition) is 3. The Morgan fingerprint density at radius 3 is 3.18 bits per heavy atom. The standard InChI is InChI=1S/C13H14ClN3/c1-2-10-4-12(6-16-13(10)14)17-7-9-3-11(8-17)15-5-9/h1,4,6,9,11,15H,3,5,7-8H2/t9-,11-/m0/s1. The van der Waals surface area contributed by atoms with Crippen molar-refractivity contribution < 1.29 is 0 Å². The minimum absolute atomic E-state index is 0.411. The Hall–Kier alpha value is -1.24. The van der Waals surface area contributed by atoms with E-state index in [4.69, 9.17) is 18.0 Å². The van der Waals surface area contributed by atoms with Gasteiger partial charge in [0.05, 0.1) is 17.4 Å². The first kappa shape index (κ1) is 10.9. The third kappa shape index (κ3) is 1.99. The quantitative estimate of drug-likeness (QED) is 0.603. The molecule has 2 fully saturated rings. The summed E-state index contributed by atoms with van der Waals surface area (Å²) in [6.07, 6.45) is 8.52. The zero-order valence-electron chi connectivity index (χ0n) is 9.49. The zero-order chi connectivity index (χ0) is 11.8. The molecule has 1 aromatic heterocycles. The first-order valence-electron chi connectivity index (χ1n) is 5.87. The lowest BCUT2D eigenvalue weighted by atomic mass is 9.99. The van der Waals surface area contributed by atoms with Crippen LogP contribution in [0, 0.1) is 18.3 Å². The summed E-state index contributed by atoms with van der Waals surface area (Å²) < 4.78 is 0. The van der Waals surface area contributed by atoms with Crippen molar-refractivity contribution in [2.45, 2.75) is 12.5 Å². The van der Waals surface area contributed by atoms with E-state index >= 15 is 0 Å². The summed E-state index contributed by atoms with van der Waals surface area (Å²) >= 11 is 5.92. The molecule has 0 aromatic carbocycles. The van der Waals surface area contributed by atoms with Gasteiger partial charge in [0.1, 0.15) is 5.15 Å². The average molecular weight is 248 g/mol. The van der Waals surface area contributed by atoms with E-state index in [1.807, 2.05) is 12.3 Å². The van der Waals surface area contributed by atoms with Crippen molar-refractivity contribution in [3.05, 3.63) is 23.0 Å². The number of terminal acetylenes is 1. The van der Waals surface area contributed by atoms with Gasteiger partial charge in [0, 0.05) is 25.7 Å². The number of fused-ring (bicyclic) bond motifs is 2. The number of hydrogen-bond donors (Lipinski definition) is 1. The van der Waals surface area contributed by atoms with Crippen LogP contribution >= 0.6 is 11.6 Å². The molecule has 0 spiro atoms. The number of piperidine rings is 1. The van der Waals surface area contributed by atoms with Crippen LogP contribution in [0.4, 0.5) is 5.69 Å². The molecule has 3 rings (SSSR count).